The zero-order chi connectivity index (χ0) is 11.1. The van der Waals surface area contributed by atoms with E-state index < -0.39 is 0 Å². The Morgan fingerprint density at radius 2 is 2.00 bits per heavy atom. The topological polar surface area (TPSA) is 26.0 Å². The Hall–Kier alpha value is -0.460. The highest BCUT2D eigenvalue weighted by Crippen LogP contribution is 2.30. The van der Waals surface area contributed by atoms with E-state index in [-0.39, 0.29) is 0 Å². The van der Waals surface area contributed by atoms with Crippen molar-refractivity contribution in [3.63, 3.8) is 0 Å². The summed E-state index contributed by atoms with van der Waals surface area (Å²) in [5.74, 6) is 1.72. The second-order valence-electron chi connectivity index (χ2n) is 5.25. The Labute approximate surface area is 95.1 Å². The van der Waals surface area contributed by atoms with Gasteiger partial charge in [0.25, 0.3) is 0 Å². The van der Waals surface area contributed by atoms with Crippen LogP contribution in [-0.4, -0.2) is 0 Å². The van der Waals surface area contributed by atoms with Crippen molar-refractivity contribution in [2.75, 3.05) is 0 Å². The molecule has 0 aliphatic heterocycles. The third-order valence-electron chi connectivity index (χ3n) is 3.82. The van der Waals surface area contributed by atoms with Crippen molar-refractivity contribution in [2.24, 2.45) is 17.6 Å². The molecule has 1 aliphatic rings. The van der Waals surface area contributed by atoms with Gasteiger partial charge in [0.05, 0.1) is 0 Å². The first kappa shape index (κ1) is 12.6. The monoisotopic (exact) mass is 209 g/mol. The van der Waals surface area contributed by atoms with Gasteiger partial charge in [-0.3, -0.25) is 0 Å². The third kappa shape index (κ3) is 4.72. The van der Waals surface area contributed by atoms with Gasteiger partial charge in [-0.25, -0.2) is 0 Å². The van der Waals surface area contributed by atoms with Crippen molar-refractivity contribution in [3.05, 3.63) is 11.8 Å². The van der Waals surface area contributed by atoms with E-state index in [2.05, 4.69) is 13.8 Å². The minimum Gasteiger partial charge on any atom is -0.405 e. The molecule has 1 rings (SSSR count). The standard InChI is InChI=1S/C14H27N/c1-3-12(2)9-14(11-15)10-13-7-5-4-6-8-13/h11-13H,3-10,15H2,1-2H3/b14-11-. The van der Waals surface area contributed by atoms with Gasteiger partial charge >= 0.3 is 0 Å². The molecule has 0 aromatic heterocycles. The van der Waals surface area contributed by atoms with E-state index in [1.54, 1.807) is 0 Å². The largest absolute Gasteiger partial charge is 0.405 e. The van der Waals surface area contributed by atoms with Crippen LogP contribution in [0.25, 0.3) is 0 Å². The average molecular weight is 209 g/mol. The molecule has 1 atom stereocenters. The second-order valence-corrected chi connectivity index (χ2v) is 5.25. The molecule has 1 saturated carbocycles. The van der Waals surface area contributed by atoms with Crippen molar-refractivity contribution < 1.29 is 0 Å². The summed E-state index contributed by atoms with van der Waals surface area (Å²) in [6.45, 7) is 4.59. The second kappa shape index (κ2) is 6.92. The molecule has 0 bridgehead atoms. The molecule has 0 radical (unpaired) electrons. The summed E-state index contributed by atoms with van der Waals surface area (Å²) in [7, 11) is 0. The molecular weight excluding hydrogens is 182 g/mol. The molecule has 2 N–H and O–H groups in total. The maximum atomic E-state index is 5.73. The van der Waals surface area contributed by atoms with Gasteiger partial charge in [-0.05, 0) is 30.9 Å². The Morgan fingerprint density at radius 3 is 2.53 bits per heavy atom. The highest BCUT2D eigenvalue weighted by Gasteiger charge is 2.15. The molecule has 0 heterocycles. The van der Waals surface area contributed by atoms with Gasteiger partial charge in [-0.15, -0.1) is 0 Å². The van der Waals surface area contributed by atoms with E-state index in [0.29, 0.717) is 0 Å². The normalized spacial score (nSPS) is 21.6. The first-order chi connectivity index (χ1) is 7.26. The van der Waals surface area contributed by atoms with Crippen LogP contribution in [0.3, 0.4) is 0 Å². The van der Waals surface area contributed by atoms with E-state index >= 15 is 0 Å². The van der Waals surface area contributed by atoms with Crippen LogP contribution >= 0.6 is 0 Å². The summed E-state index contributed by atoms with van der Waals surface area (Å²) in [4.78, 5) is 0. The Balaban J connectivity index is 2.32. The minimum atomic E-state index is 0.795. The summed E-state index contributed by atoms with van der Waals surface area (Å²) < 4.78 is 0. The fourth-order valence-corrected chi connectivity index (χ4v) is 2.57. The van der Waals surface area contributed by atoms with Gasteiger partial charge in [0.2, 0.25) is 0 Å². The van der Waals surface area contributed by atoms with Crippen LogP contribution in [0.5, 0.6) is 0 Å². The van der Waals surface area contributed by atoms with Crippen molar-refractivity contribution in [2.45, 2.75) is 65.2 Å². The first-order valence-corrected chi connectivity index (χ1v) is 6.65. The maximum absolute atomic E-state index is 5.73. The smallest absolute Gasteiger partial charge is 0.00703 e. The molecule has 1 nitrogen and oxygen atoms in total. The Morgan fingerprint density at radius 1 is 1.33 bits per heavy atom. The quantitative estimate of drug-likeness (QED) is 0.720. The molecule has 0 amide bonds. The van der Waals surface area contributed by atoms with Gasteiger partial charge in [-0.2, -0.15) is 0 Å². The molecule has 0 aromatic rings. The summed E-state index contributed by atoms with van der Waals surface area (Å²) in [6, 6.07) is 0. The van der Waals surface area contributed by atoms with Crippen LogP contribution < -0.4 is 5.73 Å². The highest BCUT2D eigenvalue weighted by atomic mass is 14.5. The minimum absolute atomic E-state index is 0.795. The van der Waals surface area contributed by atoms with Gasteiger partial charge in [0.15, 0.2) is 0 Å². The number of rotatable bonds is 5. The van der Waals surface area contributed by atoms with Crippen LogP contribution in [-0.2, 0) is 0 Å². The summed E-state index contributed by atoms with van der Waals surface area (Å²) >= 11 is 0. The molecule has 1 fully saturated rings. The summed E-state index contributed by atoms with van der Waals surface area (Å²) in [5, 5.41) is 0. The summed E-state index contributed by atoms with van der Waals surface area (Å²) in [5.41, 5.74) is 7.23. The van der Waals surface area contributed by atoms with E-state index in [9.17, 15) is 0 Å². The van der Waals surface area contributed by atoms with Crippen molar-refractivity contribution in [1.29, 1.82) is 0 Å². The third-order valence-corrected chi connectivity index (χ3v) is 3.82. The average Bonchev–Trinajstić information content (AvgIpc) is 2.29. The molecule has 1 heteroatoms. The van der Waals surface area contributed by atoms with Crippen LogP contribution in [0.2, 0.25) is 0 Å². The number of nitrogens with two attached hydrogens (primary N) is 1. The van der Waals surface area contributed by atoms with Crippen LogP contribution in [0.1, 0.15) is 65.2 Å². The molecule has 15 heavy (non-hydrogen) atoms. The predicted octanol–water partition coefficient (Wildman–Crippen LogP) is 4.24. The van der Waals surface area contributed by atoms with Crippen LogP contribution in [0.15, 0.2) is 11.8 Å². The van der Waals surface area contributed by atoms with Crippen LogP contribution in [0.4, 0.5) is 0 Å². The molecule has 0 aromatic carbocycles. The number of allylic oxidation sites excluding steroid dienone is 1. The predicted molar refractivity (Wildman–Crippen MR) is 67.5 cm³/mol. The Kier molecular flexibility index (Phi) is 5.82. The van der Waals surface area contributed by atoms with Gasteiger partial charge in [0.1, 0.15) is 0 Å². The van der Waals surface area contributed by atoms with E-state index in [1.165, 1.54) is 56.9 Å². The van der Waals surface area contributed by atoms with E-state index in [1.807, 2.05) is 6.20 Å². The zero-order valence-electron chi connectivity index (χ0n) is 10.5. The van der Waals surface area contributed by atoms with Crippen LogP contribution in [0, 0.1) is 11.8 Å². The lowest BCUT2D eigenvalue weighted by molar-refractivity contribution is 0.349. The number of hydrogen-bond donors (Lipinski definition) is 1. The molecule has 1 unspecified atom stereocenters. The van der Waals surface area contributed by atoms with Crippen molar-refractivity contribution >= 4 is 0 Å². The zero-order valence-corrected chi connectivity index (χ0v) is 10.5. The fraction of sp³-hybridized carbons (Fsp3) is 0.857. The van der Waals surface area contributed by atoms with E-state index in [0.717, 1.165) is 11.8 Å². The van der Waals surface area contributed by atoms with Crippen molar-refractivity contribution in [1.82, 2.24) is 0 Å². The molecule has 1 aliphatic carbocycles. The molecule has 0 spiro atoms. The molecule has 88 valence electrons. The Bertz CT molecular complexity index is 190. The lowest BCUT2D eigenvalue weighted by Crippen LogP contribution is -2.09. The first-order valence-electron chi connectivity index (χ1n) is 6.65. The lowest BCUT2D eigenvalue weighted by atomic mass is 9.83. The van der Waals surface area contributed by atoms with Gasteiger partial charge in [0, 0.05) is 0 Å². The maximum Gasteiger partial charge on any atom is -0.00703 e. The lowest BCUT2D eigenvalue weighted by Gasteiger charge is -2.23. The number of hydrogen-bond acceptors (Lipinski definition) is 1. The van der Waals surface area contributed by atoms with Crippen molar-refractivity contribution in [3.8, 4) is 0 Å². The van der Waals surface area contributed by atoms with E-state index in [4.69, 9.17) is 5.73 Å². The fourth-order valence-electron chi connectivity index (χ4n) is 2.57. The molecular formula is C14H27N. The highest BCUT2D eigenvalue weighted by molar-refractivity contribution is 5.02. The SMILES string of the molecule is CCC(C)C/C(=C/N)CC1CCCCC1. The molecule has 0 saturated heterocycles. The van der Waals surface area contributed by atoms with Gasteiger partial charge in [-0.1, -0.05) is 57.9 Å². The van der Waals surface area contributed by atoms with Gasteiger partial charge < -0.3 is 5.73 Å². The summed E-state index contributed by atoms with van der Waals surface area (Å²) in [6.07, 6.45) is 12.8.